The third-order valence-corrected chi connectivity index (χ3v) is 4.09. The Kier molecular flexibility index (Phi) is 4.68. The van der Waals surface area contributed by atoms with Crippen LogP contribution in [0, 0.1) is 6.92 Å². The number of urea groups is 1. The lowest BCUT2D eigenvalue weighted by Gasteiger charge is -2.08. The highest BCUT2D eigenvalue weighted by Gasteiger charge is 2.04. The van der Waals surface area contributed by atoms with Gasteiger partial charge in [-0.25, -0.2) is 4.79 Å². The van der Waals surface area contributed by atoms with E-state index in [-0.39, 0.29) is 6.03 Å². The number of aromatic nitrogens is 1. The second kappa shape index (κ2) is 7.07. The van der Waals surface area contributed by atoms with Crippen molar-refractivity contribution in [3.63, 3.8) is 0 Å². The maximum atomic E-state index is 11.9. The summed E-state index contributed by atoms with van der Waals surface area (Å²) >= 11 is 1.64. The summed E-state index contributed by atoms with van der Waals surface area (Å²) in [5.74, 6) is 0. The molecule has 2 amide bonds. The average molecular weight is 323 g/mol. The topological polar surface area (TPSA) is 54.0 Å². The van der Waals surface area contributed by atoms with Crippen LogP contribution in [0.15, 0.2) is 59.4 Å². The molecule has 4 nitrogen and oxygen atoms in total. The van der Waals surface area contributed by atoms with Crippen LogP contribution in [0.25, 0.3) is 11.3 Å². The Labute approximate surface area is 139 Å². The fourth-order valence-corrected chi connectivity index (χ4v) is 2.80. The molecule has 3 rings (SSSR count). The van der Waals surface area contributed by atoms with Crippen LogP contribution < -0.4 is 10.6 Å². The first-order valence-corrected chi connectivity index (χ1v) is 8.24. The number of rotatable bonds is 4. The van der Waals surface area contributed by atoms with Gasteiger partial charge in [0.05, 0.1) is 5.69 Å². The van der Waals surface area contributed by atoms with Crippen LogP contribution in [-0.2, 0) is 6.54 Å². The molecule has 0 aliphatic carbocycles. The lowest BCUT2D eigenvalue weighted by Crippen LogP contribution is -2.28. The number of nitrogens with zero attached hydrogens (tertiary/aromatic N) is 1. The van der Waals surface area contributed by atoms with E-state index in [1.165, 1.54) is 0 Å². The second-order valence-corrected chi connectivity index (χ2v) is 6.02. The molecular formula is C18H17N3OS. The summed E-state index contributed by atoms with van der Waals surface area (Å²) in [6.45, 7) is 2.47. The monoisotopic (exact) mass is 323 g/mol. The molecule has 116 valence electrons. The Morgan fingerprint density at radius 1 is 1.17 bits per heavy atom. The molecule has 0 radical (unpaired) electrons. The van der Waals surface area contributed by atoms with Crippen molar-refractivity contribution in [3.8, 4) is 11.3 Å². The van der Waals surface area contributed by atoms with Crippen LogP contribution in [0.1, 0.15) is 11.1 Å². The first-order valence-electron chi connectivity index (χ1n) is 7.30. The minimum atomic E-state index is -0.220. The number of pyridine rings is 1. The normalized spacial score (nSPS) is 10.3. The molecule has 0 aliphatic rings. The summed E-state index contributed by atoms with van der Waals surface area (Å²) in [6.07, 6.45) is 1.77. The Bertz CT molecular complexity index is 782. The smallest absolute Gasteiger partial charge is 0.319 e. The average Bonchev–Trinajstić information content (AvgIpc) is 3.10. The molecule has 0 saturated carbocycles. The lowest BCUT2D eigenvalue weighted by molar-refractivity contribution is 0.251. The van der Waals surface area contributed by atoms with Gasteiger partial charge in [0.25, 0.3) is 0 Å². The van der Waals surface area contributed by atoms with Gasteiger partial charge in [-0.1, -0.05) is 17.7 Å². The van der Waals surface area contributed by atoms with Crippen LogP contribution in [0.5, 0.6) is 0 Å². The van der Waals surface area contributed by atoms with E-state index in [9.17, 15) is 4.79 Å². The van der Waals surface area contributed by atoms with E-state index in [1.807, 2.05) is 54.8 Å². The predicted molar refractivity (Wildman–Crippen MR) is 94.6 cm³/mol. The number of carbonyl (C=O) groups excluding carboxylic acids is 1. The molecule has 5 heteroatoms. The van der Waals surface area contributed by atoms with Gasteiger partial charge in [-0.2, -0.15) is 11.3 Å². The standard InChI is InChI=1S/C18H17N3OS/c1-13-2-4-16(5-3-13)21-18(22)20-11-14-6-8-19-17(10-14)15-7-9-23-12-15/h2-10,12H,11H2,1H3,(H2,20,21,22). The van der Waals surface area contributed by atoms with Crippen LogP contribution in [0.2, 0.25) is 0 Å². The number of anilines is 1. The summed E-state index contributed by atoms with van der Waals surface area (Å²) in [5, 5.41) is 9.76. The van der Waals surface area contributed by atoms with E-state index in [2.05, 4.69) is 21.0 Å². The zero-order valence-corrected chi connectivity index (χ0v) is 13.6. The Morgan fingerprint density at radius 2 is 2.00 bits per heavy atom. The highest BCUT2D eigenvalue weighted by molar-refractivity contribution is 7.08. The van der Waals surface area contributed by atoms with Gasteiger partial charge in [0.15, 0.2) is 0 Å². The predicted octanol–water partition coefficient (Wildman–Crippen LogP) is 4.44. The van der Waals surface area contributed by atoms with Crippen molar-refractivity contribution in [3.05, 3.63) is 70.5 Å². The number of benzene rings is 1. The maximum Gasteiger partial charge on any atom is 0.319 e. The summed E-state index contributed by atoms with van der Waals surface area (Å²) in [7, 11) is 0. The highest BCUT2D eigenvalue weighted by Crippen LogP contribution is 2.20. The molecule has 0 aliphatic heterocycles. The number of carbonyl (C=O) groups is 1. The molecule has 0 spiro atoms. The summed E-state index contributed by atoms with van der Waals surface area (Å²) in [4.78, 5) is 16.3. The second-order valence-electron chi connectivity index (χ2n) is 5.24. The zero-order valence-electron chi connectivity index (χ0n) is 12.7. The van der Waals surface area contributed by atoms with E-state index >= 15 is 0 Å². The number of nitrogens with one attached hydrogen (secondary N) is 2. The van der Waals surface area contributed by atoms with Crippen molar-refractivity contribution in [2.24, 2.45) is 0 Å². The van der Waals surface area contributed by atoms with E-state index in [1.54, 1.807) is 17.5 Å². The minimum absolute atomic E-state index is 0.220. The number of aryl methyl sites for hydroxylation is 1. The number of thiophene rings is 1. The minimum Gasteiger partial charge on any atom is -0.334 e. The first kappa shape index (κ1) is 15.2. The van der Waals surface area contributed by atoms with Crippen LogP contribution in [-0.4, -0.2) is 11.0 Å². The largest absolute Gasteiger partial charge is 0.334 e. The van der Waals surface area contributed by atoms with Gasteiger partial charge >= 0.3 is 6.03 Å². The van der Waals surface area contributed by atoms with Crippen LogP contribution in [0.4, 0.5) is 10.5 Å². The highest BCUT2D eigenvalue weighted by atomic mass is 32.1. The van der Waals surface area contributed by atoms with Crippen LogP contribution in [0.3, 0.4) is 0 Å². The van der Waals surface area contributed by atoms with Gasteiger partial charge in [-0.05, 0) is 48.2 Å². The van der Waals surface area contributed by atoms with Crippen molar-refractivity contribution in [2.45, 2.75) is 13.5 Å². The number of amides is 2. The Hall–Kier alpha value is -2.66. The van der Waals surface area contributed by atoms with Crippen LogP contribution >= 0.6 is 11.3 Å². The SMILES string of the molecule is Cc1ccc(NC(=O)NCc2ccnc(-c3ccsc3)c2)cc1. The Balaban J connectivity index is 1.58. The molecule has 0 saturated heterocycles. The third kappa shape index (κ3) is 4.17. The molecule has 1 aromatic carbocycles. The van der Waals surface area contributed by atoms with Gasteiger partial charge in [0.1, 0.15) is 0 Å². The molecule has 2 N–H and O–H groups in total. The first-order chi connectivity index (χ1) is 11.2. The number of hydrogen-bond acceptors (Lipinski definition) is 3. The quantitative estimate of drug-likeness (QED) is 0.746. The lowest BCUT2D eigenvalue weighted by atomic mass is 10.1. The van der Waals surface area contributed by atoms with Gasteiger partial charge in [-0.3, -0.25) is 4.98 Å². The zero-order chi connectivity index (χ0) is 16.1. The molecule has 2 aromatic heterocycles. The van der Waals surface area contributed by atoms with Gasteiger partial charge in [0, 0.05) is 29.4 Å². The van der Waals surface area contributed by atoms with Gasteiger partial charge < -0.3 is 10.6 Å². The fourth-order valence-electron chi connectivity index (χ4n) is 2.15. The van der Waals surface area contributed by atoms with Crippen molar-refractivity contribution in [1.29, 1.82) is 0 Å². The third-order valence-electron chi connectivity index (χ3n) is 3.40. The molecule has 0 atom stereocenters. The maximum absolute atomic E-state index is 11.9. The fraction of sp³-hybridized carbons (Fsp3) is 0.111. The van der Waals surface area contributed by atoms with Gasteiger partial charge in [0.2, 0.25) is 0 Å². The molecular weight excluding hydrogens is 306 g/mol. The molecule has 0 fully saturated rings. The summed E-state index contributed by atoms with van der Waals surface area (Å²) < 4.78 is 0. The molecule has 0 unspecified atom stereocenters. The summed E-state index contributed by atoms with van der Waals surface area (Å²) in [6, 6.07) is 13.4. The van der Waals surface area contributed by atoms with Crippen molar-refractivity contribution in [1.82, 2.24) is 10.3 Å². The van der Waals surface area contributed by atoms with E-state index in [4.69, 9.17) is 0 Å². The summed E-state index contributed by atoms with van der Waals surface area (Å²) in [5.41, 5.74) is 4.97. The molecule has 2 heterocycles. The van der Waals surface area contributed by atoms with Crippen molar-refractivity contribution in [2.75, 3.05) is 5.32 Å². The van der Waals surface area contributed by atoms with E-state index in [0.717, 1.165) is 28.1 Å². The molecule has 23 heavy (non-hydrogen) atoms. The van der Waals surface area contributed by atoms with Crippen molar-refractivity contribution >= 4 is 23.1 Å². The van der Waals surface area contributed by atoms with E-state index in [0.29, 0.717) is 6.54 Å². The van der Waals surface area contributed by atoms with Crippen molar-refractivity contribution < 1.29 is 4.79 Å². The number of hydrogen-bond donors (Lipinski definition) is 2. The van der Waals surface area contributed by atoms with E-state index < -0.39 is 0 Å². The molecule has 0 bridgehead atoms. The Morgan fingerprint density at radius 3 is 2.74 bits per heavy atom. The van der Waals surface area contributed by atoms with Gasteiger partial charge in [-0.15, -0.1) is 0 Å². The molecule has 3 aromatic rings.